The molecular weight excluding hydrogens is 192 g/mol. The number of hydrogen-bond donors (Lipinski definition) is 2. The summed E-state index contributed by atoms with van der Waals surface area (Å²) in [6.45, 7) is 0.653. The van der Waals surface area contributed by atoms with Crippen LogP contribution in [0.4, 0.5) is 0 Å². The van der Waals surface area contributed by atoms with Gasteiger partial charge in [-0.15, -0.1) is 0 Å². The molecule has 0 radical (unpaired) electrons. The molecule has 2 rings (SSSR count). The molecule has 82 valence electrons. The van der Waals surface area contributed by atoms with Crippen LogP contribution in [0, 0.1) is 0 Å². The number of nitrogens with zero attached hydrogens (tertiary/aromatic N) is 4. The first-order chi connectivity index (χ1) is 7.28. The van der Waals surface area contributed by atoms with Crippen molar-refractivity contribution in [3.8, 4) is 0 Å². The van der Waals surface area contributed by atoms with Gasteiger partial charge in [-0.05, 0) is 12.8 Å². The highest BCUT2D eigenvalue weighted by molar-refractivity contribution is 5.80. The van der Waals surface area contributed by atoms with Gasteiger partial charge in [0, 0.05) is 20.1 Å². The quantitative estimate of drug-likeness (QED) is 0.526. The Hall–Kier alpha value is -1.59. The molecule has 0 spiro atoms. The van der Waals surface area contributed by atoms with Gasteiger partial charge in [0.05, 0.1) is 12.7 Å². The number of guanidine groups is 1. The van der Waals surface area contributed by atoms with Gasteiger partial charge in [-0.3, -0.25) is 4.99 Å². The molecule has 0 aliphatic heterocycles. The third kappa shape index (κ3) is 2.93. The van der Waals surface area contributed by atoms with Crippen molar-refractivity contribution in [2.45, 2.75) is 25.4 Å². The molecule has 6 nitrogen and oxygen atoms in total. The minimum absolute atomic E-state index is 0.609. The van der Waals surface area contributed by atoms with Crippen molar-refractivity contribution in [1.82, 2.24) is 25.6 Å². The van der Waals surface area contributed by atoms with Crippen molar-refractivity contribution in [3.05, 3.63) is 11.9 Å². The Kier molecular flexibility index (Phi) is 2.84. The van der Waals surface area contributed by atoms with E-state index in [4.69, 9.17) is 0 Å². The standard InChI is InChI=1S/C9H16N6/c1-10-9(13-7-3-4-7)11-5-8-6-12-15(2)14-8/h6-7H,3-5H2,1-2H3,(H2,10,11,13). The summed E-state index contributed by atoms with van der Waals surface area (Å²) in [6, 6.07) is 0.609. The summed E-state index contributed by atoms with van der Waals surface area (Å²) < 4.78 is 0. The number of aryl methyl sites for hydroxylation is 1. The Morgan fingerprint density at radius 1 is 1.67 bits per heavy atom. The SMILES string of the molecule is CN=C(NCc1cnn(C)n1)NC1CC1. The molecule has 0 bridgehead atoms. The minimum Gasteiger partial charge on any atom is -0.354 e. The van der Waals surface area contributed by atoms with E-state index < -0.39 is 0 Å². The maximum atomic E-state index is 4.17. The molecule has 1 saturated carbocycles. The van der Waals surface area contributed by atoms with Gasteiger partial charge in [0.2, 0.25) is 0 Å². The molecule has 0 atom stereocenters. The number of aromatic nitrogens is 3. The first kappa shape index (κ1) is 9.95. The van der Waals surface area contributed by atoms with Crippen molar-refractivity contribution < 1.29 is 0 Å². The molecule has 0 saturated heterocycles. The van der Waals surface area contributed by atoms with Gasteiger partial charge in [-0.1, -0.05) is 0 Å². The third-order valence-electron chi connectivity index (χ3n) is 2.23. The maximum Gasteiger partial charge on any atom is 0.191 e. The Morgan fingerprint density at radius 2 is 2.47 bits per heavy atom. The normalized spacial score (nSPS) is 16.5. The summed E-state index contributed by atoms with van der Waals surface area (Å²) in [4.78, 5) is 5.68. The van der Waals surface area contributed by atoms with E-state index in [1.54, 1.807) is 25.1 Å². The van der Waals surface area contributed by atoms with Gasteiger partial charge < -0.3 is 10.6 Å². The molecule has 0 aromatic carbocycles. The summed E-state index contributed by atoms with van der Waals surface area (Å²) >= 11 is 0. The maximum absolute atomic E-state index is 4.17. The second-order valence-corrected chi connectivity index (χ2v) is 3.67. The van der Waals surface area contributed by atoms with Crippen LogP contribution in [0.15, 0.2) is 11.2 Å². The van der Waals surface area contributed by atoms with Crippen molar-refractivity contribution >= 4 is 5.96 Å². The van der Waals surface area contributed by atoms with E-state index in [9.17, 15) is 0 Å². The zero-order chi connectivity index (χ0) is 10.7. The van der Waals surface area contributed by atoms with Crippen LogP contribution in [-0.4, -0.2) is 34.0 Å². The van der Waals surface area contributed by atoms with E-state index in [0.717, 1.165) is 11.7 Å². The summed E-state index contributed by atoms with van der Waals surface area (Å²) in [7, 11) is 3.58. The van der Waals surface area contributed by atoms with Crippen LogP contribution < -0.4 is 10.6 Å². The molecule has 1 aliphatic rings. The van der Waals surface area contributed by atoms with E-state index in [0.29, 0.717) is 12.6 Å². The third-order valence-corrected chi connectivity index (χ3v) is 2.23. The molecule has 1 aromatic rings. The van der Waals surface area contributed by atoms with E-state index in [1.807, 2.05) is 0 Å². The van der Waals surface area contributed by atoms with Crippen molar-refractivity contribution in [3.63, 3.8) is 0 Å². The molecule has 0 unspecified atom stereocenters. The highest BCUT2D eigenvalue weighted by atomic mass is 15.4. The second-order valence-electron chi connectivity index (χ2n) is 3.67. The molecule has 0 amide bonds. The van der Waals surface area contributed by atoms with Crippen LogP contribution in [0.25, 0.3) is 0 Å². The van der Waals surface area contributed by atoms with Gasteiger partial charge in [0.15, 0.2) is 5.96 Å². The van der Waals surface area contributed by atoms with E-state index in [1.165, 1.54) is 12.8 Å². The zero-order valence-electron chi connectivity index (χ0n) is 9.06. The van der Waals surface area contributed by atoms with Gasteiger partial charge in [0.1, 0.15) is 5.69 Å². The summed E-state index contributed by atoms with van der Waals surface area (Å²) in [5.74, 6) is 0.836. The fourth-order valence-electron chi connectivity index (χ4n) is 1.26. The lowest BCUT2D eigenvalue weighted by atomic mass is 10.5. The Labute approximate surface area is 88.8 Å². The fraction of sp³-hybridized carbons (Fsp3) is 0.667. The van der Waals surface area contributed by atoms with Gasteiger partial charge in [0.25, 0.3) is 0 Å². The molecular formula is C9H16N6. The van der Waals surface area contributed by atoms with Crippen LogP contribution in [-0.2, 0) is 13.6 Å². The Bertz CT molecular complexity index is 351. The van der Waals surface area contributed by atoms with Crippen LogP contribution >= 0.6 is 0 Å². The van der Waals surface area contributed by atoms with Crippen molar-refractivity contribution in [2.24, 2.45) is 12.0 Å². The average Bonchev–Trinajstić information content (AvgIpc) is 2.95. The van der Waals surface area contributed by atoms with E-state index in [-0.39, 0.29) is 0 Å². The largest absolute Gasteiger partial charge is 0.354 e. The molecule has 6 heteroatoms. The van der Waals surface area contributed by atoms with Crippen LogP contribution in [0.3, 0.4) is 0 Å². The lowest BCUT2D eigenvalue weighted by Gasteiger charge is -2.09. The average molecular weight is 208 g/mol. The van der Waals surface area contributed by atoms with E-state index in [2.05, 4.69) is 25.8 Å². The summed E-state index contributed by atoms with van der Waals surface area (Å²) in [5.41, 5.74) is 0.913. The first-order valence-corrected chi connectivity index (χ1v) is 5.10. The zero-order valence-corrected chi connectivity index (χ0v) is 9.06. The van der Waals surface area contributed by atoms with Gasteiger partial charge >= 0.3 is 0 Å². The lowest BCUT2D eigenvalue weighted by molar-refractivity contribution is 0.640. The number of aliphatic imine (C=N–C) groups is 1. The fourth-order valence-corrected chi connectivity index (χ4v) is 1.26. The predicted octanol–water partition coefficient (Wildman–Crippen LogP) is -0.357. The lowest BCUT2D eigenvalue weighted by Crippen LogP contribution is -2.38. The van der Waals surface area contributed by atoms with Crippen molar-refractivity contribution in [2.75, 3.05) is 7.05 Å². The van der Waals surface area contributed by atoms with Crippen molar-refractivity contribution in [1.29, 1.82) is 0 Å². The second kappa shape index (κ2) is 4.29. The molecule has 1 heterocycles. The molecule has 15 heavy (non-hydrogen) atoms. The van der Waals surface area contributed by atoms with Crippen LogP contribution in [0.5, 0.6) is 0 Å². The van der Waals surface area contributed by atoms with E-state index >= 15 is 0 Å². The summed E-state index contributed by atoms with van der Waals surface area (Å²) in [6.07, 6.45) is 4.23. The number of hydrogen-bond acceptors (Lipinski definition) is 3. The molecule has 2 N–H and O–H groups in total. The highest BCUT2D eigenvalue weighted by Gasteiger charge is 2.21. The number of nitrogens with one attached hydrogen (secondary N) is 2. The molecule has 1 aliphatic carbocycles. The molecule has 1 aromatic heterocycles. The summed E-state index contributed by atoms with van der Waals surface area (Å²) in [5, 5.41) is 14.7. The smallest absolute Gasteiger partial charge is 0.191 e. The monoisotopic (exact) mass is 208 g/mol. The first-order valence-electron chi connectivity index (χ1n) is 5.10. The van der Waals surface area contributed by atoms with Crippen LogP contribution in [0.1, 0.15) is 18.5 Å². The predicted molar refractivity (Wildman–Crippen MR) is 57.4 cm³/mol. The molecule has 1 fully saturated rings. The van der Waals surface area contributed by atoms with Crippen LogP contribution in [0.2, 0.25) is 0 Å². The van der Waals surface area contributed by atoms with Gasteiger partial charge in [-0.2, -0.15) is 15.0 Å². The highest BCUT2D eigenvalue weighted by Crippen LogP contribution is 2.18. The Morgan fingerprint density at radius 3 is 3.00 bits per heavy atom. The number of rotatable bonds is 3. The minimum atomic E-state index is 0.609. The topological polar surface area (TPSA) is 67.1 Å². The van der Waals surface area contributed by atoms with Gasteiger partial charge in [-0.25, -0.2) is 0 Å². The Balaban J connectivity index is 1.80.